The topological polar surface area (TPSA) is 29.4 Å². The van der Waals surface area contributed by atoms with Crippen LogP contribution >= 0.6 is 0 Å². The molecule has 0 aromatic carbocycles. The van der Waals surface area contributed by atoms with Crippen LogP contribution in [0.25, 0.3) is 0 Å². The van der Waals surface area contributed by atoms with E-state index in [9.17, 15) is 18.0 Å². The molecule has 5 heteroatoms. The lowest BCUT2D eigenvalue weighted by Crippen LogP contribution is -2.06. The van der Waals surface area contributed by atoms with Gasteiger partial charge in [0.05, 0.1) is 6.54 Å². The van der Waals surface area contributed by atoms with Crippen molar-refractivity contribution in [2.45, 2.75) is 57.5 Å². The number of unbranched alkanes of at least 4 members (excludes halogenated alkanes) is 6. The molecular formula is C11H18F3NO. The minimum Gasteiger partial charge on any atom is -0.211 e. The summed E-state index contributed by atoms with van der Waals surface area (Å²) in [5.74, 6) is 0. The van der Waals surface area contributed by atoms with Crippen molar-refractivity contribution in [3.8, 4) is 0 Å². The molecule has 2 nitrogen and oxygen atoms in total. The highest BCUT2D eigenvalue weighted by atomic mass is 19.4. The smallest absolute Gasteiger partial charge is 0.211 e. The molecule has 0 aliphatic heterocycles. The van der Waals surface area contributed by atoms with Crippen LogP contribution in [0, 0.1) is 0 Å². The second kappa shape index (κ2) is 9.40. The van der Waals surface area contributed by atoms with Gasteiger partial charge in [-0.15, -0.1) is 0 Å². The van der Waals surface area contributed by atoms with Crippen LogP contribution in [0.2, 0.25) is 0 Å². The van der Waals surface area contributed by atoms with Crippen LogP contribution in [0.4, 0.5) is 13.2 Å². The third-order valence-electron chi connectivity index (χ3n) is 2.29. The predicted octanol–water partition coefficient (Wildman–Crippen LogP) is 4.01. The van der Waals surface area contributed by atoms with Gasteiger partial charge in [-0.25, -0.2) is 9.79 Å². The van der Waals surface area contributed by atoms with E-state index in [1.165, 1.54) is 6.08 Å². The third kappa shape index (κ3) is 13.2. The van der Waals surface area contributed by atoms with Gasteiger partial charge in [0.15, 0.2) is 0 Å². The largest absolute Gasteiger partial charge is 0.389 e. The van der Waals surface area contributed by atoms with Gasteiger partial charge in [0.2, 0.25) is 6.08 Å². The molecule has 0 radical (unpaired) electrons. The van der Waals surface area contributed by atoms with Gasteiger partial charge in [0, 0.05) is 6.42 Å². The summed E-state index contributed by atoms with van der Waals surface area (Å²) in [5, 5.41) is 0. The number of isocyanates is 1. The number of rotatable bonds is 9. The molecule has 0 aliphatic carbocycles. The normalized spacial score (nSPS) is 11.2. The zero-order valence-electron chi connectivity index (χ0n) is 9.35. The average Bonchev–Trinajstić information content (AvgIpc) is 2.19. The van der Waals surface area contributed by atoms with E-state index in [4.69, 9.17) is 0 Å². The van der Waals surface area contributed by atoms with E-state index in [1.54, 1.807) is 0 Å². The fourth-order valence-electron chi connectivity index (χ4n) is 1.45. The molecule has 0 aliphatic rings. The maximum absolute atomic E-state index is 11.8. The van der Waals surface area contributed by atoms with Gasteiger partial charge in [0.1, 0.15) is 0 Å². The Labute approximate surface area is 93.9 Å². The van der Waals surface area contributed by atoms with Crippen LogP contribution in [0.3, 0.4) is 0 Å². The zero-order chi connectivity index (χ0) is 12.3. The Morgan fingerprint density at radius 1 is 0.875 bits per heavy atom. The minimum absolute atomic E-state index is 0.235. The summed E-state index contributed by atoms with van der Waals surface area (Å²) >= 11 is 0. The Morgan fingerprint density at radius 2 is 1.38 bits per heavy atom. The van der Waals surface area contributed by atoms with E-state index in [2.05, 4.69) is 4.99 Å². The maximum Gasteiger partial charge on any atom is 0.389 e. The summed E-state index contributed by atoms with van der Waals surface area (Å²) in [5.41, 5.74) is 0. The zero-order valence-corrected chi connectivity index (χ0v) is 9.35. The first-order valence-electron chi connectivity index (χ1n) is 5.66. The summed E-state index contributed by atoms with van der Waals surface area (Å²) in [6, 6.07) is 0. The Kier molecular flexibility index (Phi) is 8.91. The quantitative estimate of drug-likeness (QED) is 0.338. The Bertz CT molecular complexity index is 210. The molecule has 16 heavy (non-hydrogen) atoms. The van der Waals surface area contributed by atoms with Crippen molar-refractivity contribution in [2.75, 3.05) is 6.54 Å². The molecule has 0 saturated heterocycles. The van der Waals surface area contributed by atoms with Crippen molar-refractivity contribution in [1.82, 2.24) is 0 Å². The maximum atomic E-state index is 11.8. The van der Waals surface area contributed by atoms with E-state index >= 15 is 0 Å². The second-order valence-electron chi connectivity index (χ2n) is 3.81. The summed E-state index contributed by atoms with van der Waals surface area (Å²) in [6.45, 7) is 0.511. The highest BCUT2D eigenvalue weighted by Gasteiger charge is 2.25. The van der Waals surface area contributed by atoms with Gasteiger partial charge in [-0.05, 0) is 12.8 Å². The van der Waals surface area contributed by atoms with Crippen LogP contribution in [-0.2, 0) is 4.79 Å². The van der Waals surface area contributed by atoms with Gasteiger partial charge in [-0.3, -0.25) is 0 Å². The van der Waals surface area contributed by atoms with Crippen LogP contribution in [0.15, 0.2) is 4.99 Å². The van der Waals surface area contributed by atoms with Crippen molar-refractivity contribution < 1.29 is 18.0 Å². The first kappa shape index (κ1) is 15.2. The Morgan fingerprint density at radius 3 is 1.88 bits per heavy atom. The standard InChI is InChI=1S/C11H18F3NO/c12-11(13,14)8-6-4-2-1-3-5-7-9-15-10-16/h1-9H2. The number of aliphatic imine (C=N–C) groups is 1. The van der Waals surface area contributed by atoms with Gasteiger partial charge >= 0.3 is 6.18 Å². The number of halogens is 3. The van der Waals surface area contributed by atoms with Gasteiger partial charge in [-0.1, -0.05) is 32.1 Å². The molecule has 0 saturated carbocycles. The van der Waals surface area contributed by atoms with E-state index in [1.807, 2.05) is 0 Å². The molecule has 0 heterocycles. The first-order valence-corrected chi connectivity index (χ1v) is 5.66. The highest BCUT2D eigenvalue weighted by molar-refractivity contribution is 5.32. The molecule has 0 aromatic heterocycles. The lowest BCUT2D eigenvalue weighted by molar-refractivity contribution is -0.135. The van der Waals surface area contributed by atoms with Crippen molar-refractivity contribution >= 4 is 6.08 Å². The summed E-state index contributed by atoms with van der Waals surface area (Å²) in [7, 11) is 0. The molecule has 0 atom stereocenters. The van der Waals surface area contributed by atoms with Crippen molar-refractivity contribution in [1.29, 1.82) is 0 Å². The highest BCUT2D eigenvalue weighted by Crippen LogP contribution is 2.23. The van der Waals surface area contributed by atoms with E-state index < -0.39 is 12.6 Å². The van der Waals surface area contributed by atoms with Crippen LogP contribution < -0.4 is 0 Å². The van der Waals surface area contributed by atoms with Gasteiger partial charge < -0.3 is 0 Å². The number of hydrogen-bond donors (Lipinski definition) is 0. The summed E-state index contributed by atoms with van der Waals surface area (Å²) in [6.07, 6.45) is 2.33. The second-order valence-corrected chi connectivity index (χ2v) is 3.81. The van der Waals surface area contributed by atoms with E-state index in [0.29, 0.717) is 13.0 Å². The van der Waals surface area contributed by atoms with Crippen molar-refractivity contribution in [2.24, 2.45) is 4.99 Å². The van der Waals surface area contributed by atoms with E-state index in [-0.39, 0.29) is 6.42 Å². The van der Waals surface area contributed by atoms with Crippen molar-refractivity contribution in [3.05, 3.63) is 0 Å². The molecule has 0 rings (SSSR count). The first-order chi connectivity index (χ1) is 7.56. The van der Waals surface area contributed by atoms with Crippen LogP contribution in [0.1, 0.15) is 51.4 Å². The monoisotopic (exact) mass is 237 g/mol. The Hall–Kier alpha value is -0.830. The van der Waals surface area contributed by atoms with E-state index in [0.717, 1.165) is 32.1 Å². The fraction of sp³-hybridized carbons (Fsp3) is 0.909. The third-order valence-corrected chi connectivity index (χ3v) is 2.29. The molecule has 0 N–H and O–H groups in total. The molecule has 0 spiro atoms. The molecule has 0 aromatic rings. The lowest BCUT2D eigenvalue weighted by Gasteiger charge is -2.05. The number of hydrogen-bond acceptors (Lipinski definition) is 2. The molecule has 0 amide bonds. The SMILES string of the molecule is O=C=NCCCCCCCCCC(F)(F)F. The van der Waals surface area contributed by atoms with Gasteiger partial charge in [0.25, 0.3) is 0 Å². The van der Waals surface area contributed by atoms with Crippen molar-refractivity contribution in [3.63, 3.8) is 0 Å². The number of nitrogens with zero attached hydrogens (tertiary/aromatic N) is 1. The molecule has 0 unspecified atom stereocenters. The fourth-order valence-corrected chi connectivity index (χ4v) is 1.45. The molecular weight excluding hydrogens is 219 g/mol. The number of carbonyl (C=O) groups excluding carboxylic acids is 1. The summed E-state index contributed by atoms with van der Waals surface area (Å²) < 4.78 is 35.3. The predicted molar refractivity (Wildman–Crippen MR) is 56.0 cm³/mol. The molecule has 0 bridgehead atoms. The van der Waals surface area contributed by atoms with Gasteiger partial charge in [-0.2, -0.15) is 13.2 Å². The van der Waals surface area contributed by atoms with Crippen LogP contribution in [-0.4, -0.2) is 18.8 Å². The average molecular weight is 237 g/mol. The van der Waals surface area contributed by atoms with Crippen LogP contribution in [0.5, 0.6) is 0 Å². The minimum atomic E-state index is -4.01. The lowest BCUT2D eigenvalue weighted by atomic mass is 10.1. The Balaban J connectivity index is 3.07. The molecule has 0 fully saturated rings. The summed E-state index contributed by atoms with van der Waals surface area (Å²) in [4.78, 5) is 13.1. The number of alkyl halides is 3. The molecule has 94 valence electrons.